The van der Waals surface area contributed by atoms with E-state index in [1.54, 1.807) is 7.11 Å². The van der Waals surface area contributed by atoms with E-state index in [4.69, 9.17) is 9.84 Å². The number of carbonyl (C=O) groups is 2. The van der Waals surface area contributed by atoms with E-state index < -0.39 is 5.97 Å². The highest BCUT2D eigenvalue weighted by Crippen LogP contribution is 2.43. The zero-order valence-corrected chi connectivity index (χ0v) is 11.6. The number of carboxylic acid groups (broad SMARTS) is 1. The van der Waals surface area contributed by atoms with Crippen LogP contribution in [0.5, 0.6) is 0 Å². The minimum atomic E-state index is -0.779. The Hall–Kier alpha value is -0.750. The summed E-state index contributed by atoms with van der Waals surface area (Å²) >= 11 is 1.52. The molecule has 0 aromatic rings. The number of rotatable bonds is 9. The van der Waals surface area contributed by atoms with Gasteiger partial charge in [-0.2, -0.15) is 0 Å². The number of methoxy groups -OCH3 is 1. The molecular weight excluding hydrogens is 254 g/mol. The van der Waals surface area contributed by atoms with Crippen molar-refractivity contribution in [2.45, 2.75) is 25.7 Å². The molecule has 0 spiro atoms. The Morgan fingerprint density at radius 3 is 2.67 bits per heavy atom. The highest BCUT2D eigenvalue weighted by Gasteiger charge is 2.39. The lowest BCUT2D eigenvalue weighted by Crippen LogP contribution is -2.44. The summed E-state index contributed by atoms with van der Waals surface area (Å²) in [6.45, 7) is 1.13. The summed E-state index contributed by atoms with van der Waals surface area (Å²) in [5, 5.41) is 11.7. The highest BCUT2D eigenvalue weighted by molar-refractivity contribution is 7.99. The van der Waals surface area contributed by atoms with Crippen molar-refractivity contribution in [1.82, 2.24) is 5.32 Å². The van der Waals surface area contributed by atoms with E-state index in [0.29, 0.717) is 18.9 Å². The van der Waals surface area contributed by atoms with E-state index in [1.165, 1.54) is 11.8 Å². The minimum absolute atomic E-state index is 0.0206. The molecule has 1 saturated carbocycles. The summed E-state index contributed by atoms with van der Waals surface area (Å²) in [4.78, 5) is 22.3. The van der Waals surface area contributed by atoms with Crippen LogP contribution < -0.4 is 5.32 Å². The quantitative estimate of drug-likeness (QED) is 0.617. The number of carboxylic acids is 1. The van der Waals surface area contributed by atoms with E-state index in [9.17, 15) is 9.59 Å². The van der Waals surface area contributed by atoms with E-state index in [0.717, 1.165) is 25.0 Å². The monoisotopic (exact) mass is 275 g/mol. The molecule has 0 aliphatic heterocycles. The van der Waals surface area contributed by atoms with Crippen molar-refractivity contribution >= 4 is 23.6 Å². The third kappa shape index (κ3) is 5.27. The first-order valence-electron chi connectivity index (χ1n) is 6.13. The number of aliphatic carboxylic acids is 1. The second kappa shape index (κ2) is 7.63. The molecule has 1 aliphatic rings. The molecule has 1 rings (SSSR count). The molecule has 1 aliphatic carbocycles. The molecule has 0 heterocycles. The first-order chi connectivity index (χ1) is 8.58. The van der Waals surface area contributed by atoms with Crippen molar-refractivity contribution in [3.8, 4) is 0 Å². The second-order valence-corrected chi connectivity index (χ2v) is 5.85. The lowest BCUT2D eigenvalue weighted by Gasteiger charge is -2.40. The molecule has 1 fully saturated rings. The predicted octanol–water partition coefficient (Wildman–Crippen LogP) is 1.13. The number of ether oxygens (including phenoxy) is 1. The molecule has 1 amide bonds. The number of thioether (sulfide) groups is 1. The predicted molar refractivity (Wildman–Crippen MR) is 70.7 cm³/mol. The molecule has 2 N–H and O–H groups in total. The minimum Gasteiger partial charge on any atom is -0.481 e. The Labute approximate surface area is 112 Å². The average Bonchev–Trinajstić information content (AvgIpc) is 2.27. The average molecular weight is 275 g/mol. The van der Waals surface area contributed by atoms with Crippen LogP contribution in [0.3, 0.4) is 0 Å². The number of hydrogen-bond acceptors (Lipinski definition) is 4. The van der Waals surface area contributed by atoms with Crippen LogP contribution >= 0.6 is 11.8 Å². The SMILES string of the molecule is COCCSCC(=O)NCC1(CC(=O)O)CCC1. The van der Waals surface area contributed by atoms with E-state index in [1.807, 2.05) is 0 Å². The number of carbonyl (C=O) groups excluding carboxylic acids is 1. The van der Waals surface area contributed by atoms with Crippen LogP contribution in [0, 0.1) is 5.41 Å². The molecule has 0 bridgehead atoms. The van der Waals surface area contributed by atoms with Gasteiger partial charge >= 0.3 is 5.97 Å². The fraction of sp³-hybridized carbons (Fsp3) is 0.833. The smallest absolute Gasteiger partial charge is 0.303 e. The molecule has 0 unspecified atom stereocenters. The van der Waals surface area contributed by atoms with Crippen molar-refractivity contribution in [2.75, 3.05) is 31.8 Å². The van der Waals surface area contributed by atoms with E-state index in [2.05, 4.69) is 5.32 Å². The van der Waals surface area contributed by atoms with Gasteiger partial charge in [-0.05, 0) is 18.3 Å². The van der Waals surface area contributed by atoms with Crippen LogP contribution in [0.1, 0.15) is 25.7 Å². The van der Waals surface area contributed by atoms with E-state index in [-0.39, 0.29) is 17.7 Å². The van der Waals surface area contributed by atoms with Crippen LogP contribution in [0.25, 0.3) is 0 Å². The summed E-state index contributed by atoms with van der Waals surface area (Å²) in [6.07, 6.45) is 3.02. The van der Waals surface area contributed by atoms with Crippen LogP contribution in [-0.2, 0) is 14.3 Å². The Kier molecular flexibility index (Phi) is 6.49. The fourth-order valence-corrected chi connectivity index (χ4v) is 2.77. The number of amides is 1. The maximum Gasteiger partial charge on any atom is 0.303 e. The zero-order chi connectivity index (χ0) is 13.4. The molecule has 18 heavy (non-hydrogen) atoms. The Bertz CT molecular complexity index is 292. The van der Waals surface area contributed by atoms with Crippen molar-refractivity contribution < 1.29 is 19.4 Å². The molecule has 0 saturated heterocycles. The van der Waals surface area contributed by atoms with Gasteiger partial charge < -0.3 is 15.2 Å². The van der Waals surface area contributed by atoms with Gasteiger partial charge in [0.2, 0.25) is 5.91 Å². The zero-order valence-electron chi connectivity index (χ0n) is 10.7. The Morgan fingerprint density at radius 1 is 1.44 bits per heavy atom. The van der Waals surface area contributed by atoms with Crippen molar-refractivity contribution in [3.63, 3.8) is 0 Å². The topological polar surface area (TPSA) is 75.6 Å². The van der Waals surface area contributed by atoms with Gasteiger partial charge in [0, 0.05) is 19.4 Å². The highest BCUT2D eigenvalue weighted by atomic mass is 32.2. The first kappa shape index (κ1) is 15.3. The third-order valence-electron chi connectivity index (χ3n) is 3.27. The van der Waals surface area contributed by atoms with Gasteiger partial charge in [0.05, 0.1) is 18.8 Å². The normalized spacial score (nSPS) is 16.9. The summed E-state index contributed by atoms with van der Waals surface area (Å²) < 4.78 is 4.89. The maximum absolute atomic E-state index is 11.6. The third-order valence-corrected chi connectivity index (χ3v) is 4.19. The summed E-state index contributed by atoms with van der Waals surface area (Å²) in [7, 11) is 1.63. The molecule has 0 atom stereocenters. The number of nitrogens with one attached hydrogen (secondary N) is 1. The lowest BCUT2D eigenvalue weighted by atomic mass is 9.66. The molecular formula is C12H21NO4S. The van der Waals surface area contributed by atoms with Crippen molar-refractivity contribution in [2.24, 2.45) is 5.41 Å². The largest absolute Gasteiger partial charge is 0.481 e. The van der Waals surface area contributed by atoms with Crippen LogP contribution in [0.4, 0.5) is 0 Å². The second-order valence-electron chi connectivity index (χ2n) is 4.75. The fourth-order valence-electron chi connectivity index (χ4n) is 2.06. The van der Waals surface area contributed by atoms with Gasteiger partial charge in [-0.25, -0.2) is 0 Å². The maximum atomic E-state index is 11.6. The van der Waals surface area contributed by atoms with Gasteiger partial charge in [0.25, 0.3) is 0 Å². The number of hydrogen-bond donors (Lipinski definition) is 2. The van der Waals surface area contributed by atoms with Gasteiger partial charge in [-0.1, -0.05) is 6.42 Å². The van der Waals surface area contributed by atoms with Crippen molar-refractivity contribution in [3.05, 3.63) is 0 Å². The molecule has 104 valence electrons. The summed E-state index contributed by atoms with van der Waals surface area (Å²) in [5.41, 5.74) is -0.196. The van der Waals surface area contributed by atoms with E-state index >= 15 is 0 Å². The van der Waals surface area contributed by atoms with Gasteiger partial charge in [0.15, 0.2) is 0 Å². The first-order valence-corrected chi connectivity index (χ1v) is 7.29. The summed E-state index contributed by atoms with van der Waals surface area (Å²) in [6, 6.07) is 0. The van der Waals surface area contributed by atoms with Crippen molar-refractivity contribution in [1.29, 1.82) is 0 Å². The lowest BCUT2D eigenvalue weighted by molar-refractivity contribution is -0.141. The molecule has 6 heteroatoms. The van der Waals surface area contributed by atoms with Gasteiger partial charge in [0.1, 0.15) is 0 Å². The van der Waals surface area contributed by atoms with Crippen LogP contribution in [0.15, 0.2) is 0 Å². The standard InChI is InChI=1S/C12H21NO4S/c1-17-5-6-18-8-10(14)13-9-12(3-2-4-12)7-11(15)16/h2-9H2,1H3,(H,13,14)(H,15,16). The van der Waals surface area contributed by atoms with Crippen LogP contribution in [-0.4, -0.2) is 48.8 Å². The molecule has 0 radical (unpaired) electrons. The van der Waals surface area contributed by atoms with Crippen LogP contribution in [0.2, 0.25) is 0 Å². The van der Waals surface area contributed by atoms with Gasteiger partial charge in [-0.15, -0.1) is 11.8 Å². The Balaban J connectivity index is 2.18. The summed E-state index contributed by atoms with van der Waals surface area (Å²) in [5.74, 6) is 0.405. The van der Waals surface area contributed by atoms with Gasteiger partial charge in [-0.3, -0.25) is 9.59 Å². The molecule has 0 aromatic heterocycles. The molecule has 5 nitrogen and oxygen atoms in total. The Morgan fingerprint density at radius 2 is 2.17 bits per heavy atom. The molecule has 0 aromatic carbocycles.